The van der Waals surface area contributed by atoms with Crippen LogP contribution in [0.25, 0.3) is 11.3 Å². The molecule has 5 nitrogen and oxygen atoms in total. The molecule has 1 amide bonds. The molecule has 1 aromatic heterocycles. The Morgan fingerprint density at radius 1 is 1.26 bits per heavy atom. The number of carbonyl (C=O) groups excluding carboxylic acids is 1. The highest BCUT2D eigenvalue weighted by atomic mass is 35.5. The predicted molar refractivity (Wildman–Crippen MR) is 110 cm³/mol. The minimum atomic E-state index is -0.778. The Morgan fingerprint density at radius 2 is 2.07 bits per heavy atom. The molecule has 3 aromatic rings. The zero-order valence-electron chi connectivity index (χ0n) is 14.8. The van der Waals surface area contributed by atoms with Gasteiger partial charge >= 0.3 is 0 Å². The van der Waals surface area contributed by atoms with Gasteiger partial charge in [-0.05, 0) is 30.2 Å². The molecule has 2 aromatic carbocycles. The average Bonchev–Trinajstić information content (AvgIpc) is 3.13. The van der Waals surface area contributed by atoms with E-state index in [2.05, 4.69) is 15.6 Å². The molecule has 3 rings (SSSR count). The fraction of sp³-hybridized carbons (Fsp3) is 0.200. The monoisotopic (exact) mass is 401 g/mol. The van der Waals surface area contributed by atoms with Gasteiger partial charge in [0.25, 0.3) is 0 Å². The van der Waals surface area contributed by atoms with Crippen LogP contribution in [0.2, 0.25) is 5.02 Å². The van der Waals surface area contributed by atoms with Crippen LogP contribution in [-0.4, -0.2) is 28.6 Å². The van der Waals surface area contributed by atoms with Gasteiger partial charge in [-0.15, -0.1) is 11.3 Å². The quantitative estimate of drug-likeness (QED) is 0.562. The number of aliphatic hydroxyl groups is 1. The van der Waals surface area contributed by atoms with Gasteiger partial charge in [-0.3, -0.25) is 4.79 Å². The van der Waals surface area contributed by atoms with E-state index in [1.165, 1.54) is 11.3 Å². The number of hydrogen-bond donors (Lipinski definition) is 3. The minimum Gasteiger partial charge on any atom is -0.394 e. The lowest BCUT2D eigenvalue weighted by atomic mass is 10.1. The summed E-state index contributed by atoms with van der Waals surface area (Å²) in [6, 6.07) is 14.5. The second-order valence-corrected chi connectivity index (χ2v) is 7.37. The zero-order chi connectivity index (χ0) is 19.2. The molecule has 0 unspecified atom stereocenters. The smallest absolute Gasteiger partial charge is 0.245 e. The van der Waals surface area contributed by atoms with Gasteiger partial charge in [-0.25, -0.2) is 4.98 Å². The summed E-state index contributed by atoms with van der Waals surface area (Å²) >= 11 is 7.35. The van der Waals surface area contributed by atoms with Crippen molar-refractivity contribution in [2.75, 3.05) is 11.9 Å². The van der Waals surface area contributed by atoms with Gasteiger partial charge in [-0.2, -0.15) is 0 Å². The predicted octanol–water partition coefficient (Wildman–Crippen LogP) is 3.86. The van der Waals surface area contributed by atoms with Crippen molar-refractivity contribution in [1.29, 1.82) is 0 Å². The van der Waals surface area contributed by atoms with E-state index in [4.69, 9.17) is 11.6 Å². The van der Waals surface area contributed by atoms with Crippen LogP contribution < -0.4 is 10.6 Å². The number of rotatable bonds is 7. The van der Waals surface area contributed by atoms with Crippen molar-refractivity contribution in [3.8, 4) is 11.3 Å². The van der Waals surface area contributed by atoms with Crippen LogP contribution in [0.4, 0.5) is 5.13 Å². The summed E-state index contributed by atoms with van der Waals surface area (Å²) in [6.45, 7) is 2.03. The van der Waals surface area contributed by atoms with E-state index in [1.54, 1.807) is 12.1 Å². The van der Waals surface area contributed by atoms with Crippen molar-refractivity contribution in [1.82, 2.24) is 10.3 Å². The summed E-state index contributed by atoms with van der Waals surface area (Å²) < 4.78 is 0. The lowest BCUT2D eigenvalue weighted by molar-refractivity contribution is -0.122. The molecule has 0 spiro atoms. The van der Waals surface area contributed by atoms with E-state index in [0.717, 1.165) is 22.4 Å². The number of halogens is 1. The Kier molecular flexibility index (Phi) is 6.45. The van der Waals surface area contributed by atoms with Crippen molar-refractivity contribution in [3.63, 3.8) is 0 Å². The summed E-state index contributed by atoms with van der Waals surface area (Å²) in [5, 5.41) is 18.5. The number of carbonyl (C=O) groups is 1. The highest BCUT2D eigenvalue weighted by Crippen LogP contribution is 2.27. The second kappa shape index (κ2) is 8.99. The van der Waals surface area contributed by atoms with Crippen LogP contribution in [-0.2, 0) is 11.3 Å². The molecule has 1 heterocycles. The first-order chi connectivity index (χ1) is 13.1. The molecule has 0 fully saturated rings. The molecule has 0 radical (unpaired) electrons. The van der Waals surface area contributed by atoms with Gasteiger partial charge in [0, 0.05) is 22.5 Å². The third-order valence-corrected chi connectivity index (χ3v) is 5.09. The van der Waals surface area contributed by atoms with Crippen LogP contribution >= 0.6 is 22.9 Å². The number of thiazole rings is 1. The molecular weight excluding hydrogens is 382 g/mol. The summed E-state index contributed by atoms with van der Waals surface area (Å²) in [4.78, 5) is 16.9. The lowest BCUT2D eigenvalue weighted by Gasteiger charge is -2.15. The molecule has 140 valence electrons. The molecule has 27 heavy (non-hydrogen) atoms. The summed E-state index contributed by atoms with van der Waals surface area (Å²) in [5.41, 5.74) is 3.92. The third kappa shape index (κ3) is 5.07. The minimum absolute atomic E-state index is 0.301. The fourth-order valence-electron chi connectivity index (χ4n) is 2.63. The standard InChI is InChI=1S/C20H20ClN3O2S/c1-13-5-2-3-8-16(13)18-12-27-20(24-18)23-17(11-25)19(26)22-10-14-6-4-7-15(21)9-14/h2-9,12,17,25H,10-11H2,1H3,(H,22,26)(H,23,24)/t17-/m0/s1. The highest BCUT2D eigenvalue weighted by molar-refractivity contribution is 7.14. The van der Waals surface area contributed by atoms with E-state index >= 15 is 0 Å². The number of anilines is 1. The number of aryl methyl sites for hydroxylation is 1. The third-order valence-electron chi connectivity index (χ3n) is 4.08. The molecule has 0 saturated heterocycles. The maximum atomic E-state index is 12.4. The Balaban J connectivity index is 1.63. The first-order valence-electron chi connectivity index (χ1n) is 8.48. The van der Waals surface area contributed by atoms with Crippen LogP contribution in [0.15, 0.2) is 53.9 Å². The van der Waals surface area contributed by atoms with Crippen molar-refractivity contribution in [3.05, 3.63) is 70.1 Å². The molecule has 0 saturated carbocycles. The number of nitrogens with one attached hydrogen (secondary N) is 2. The molecule has 1 atom stereocenters. The van der Waals surface area contributed by atoms with E-state index in [0.29, 0.717) is 16.7 Å². The van der Waals surface area contributed by atoms with Crippen LogP contribution in [0.5, 0.6) is 0 Å². The summed E-state index contributed by atoms with van der Waals surface area (Å²) in [7, 11) is 0. The van der Waals surface area contributed by atoms with Crippen molar-refractivity contribution in [2.24, 2.45) is 0 Å². The maximum Gasteiger partial charge on any atom is 0.245 e. The van der Waals surface area contributed by atoms with Gasteiger partial charge in [-0.1, -0.05) is 48.0 Å². The lowest BCUT2D eigenvalue weighted by Crippen LogP contribution is -2.41. The molecule has 0 aliphatic rings. The van der Waals surface area contributed by atoms with Gasteiger partial charge < -0.3 is 15.7 Å². The largest absolute Gasteiger partial charge is 0.394 e. The fourth-order valence-corrected chi connectivity index (χ4v) is 3.60. The SMILES string of the molecule is Cc1ccccc1-c1csc(N[C@@H](CO)C(=O)NCc2cccc(Cl)c2)n1. The molecule has 7 heteroatoms. The van der Waals surface area contributed by atoms with E-state index < -0.39 is 6.04 Å². The summed E-state index contributed by atoms with van der Waals surface area (Å²) in [6.07, 6.45) is 0. The number of aliphatic hydroxyl groups excluding tert-OH is 1. The van der Waals surface area contributed by atoms with Gasteiger partial charge in [0.1, 0.15) is 6.04 Å². The van der Waals surface area contributed by atoms with Gasteiger partial charge in [0.15, 0.2) is 5.13 Å². The van der Waals surface area contributed by atoms with Crippen molar-refractivity contribution < 1.29 is 9.90 Å². The Morgan fingerprint density at radius 3 is 2.81 bits per heavy atom. The van der Waals surface area contributed by atoms with Gasteiger partial charge in [0.05, 0.1) is 12.3 Å². The highest BCUT2D eigenvalue weighted by Gasteiger charge is 2.19. The number of nitrogens with zero attached hydrogens (tertiary/aromatic N) is 1. The number of benzene rings is 2. The Hall–Kier alpha value is -2.41. The molecule has 0 aliphatic carbocycles. The van der Waals surface area contributed by atoms with Gasteiger partial charge in [0.2, 0.25) is 5.91 Å². The maximum absolute atomic E-state index is 12.4. The Labute approximate surface area is 167 Å². The number of hydrogen-bond acceptors (Lipinski definition) is 5. The van der Waals surface area contributed by atoms with E-state index in [1.807, 2.05) is 48.7 Å². The first kappa shape index (κ1) is 19.4. The first-order valence-corrected chi connectivity index (χ1v) is 9.73. The van der Waals surface area contributed by atoms with E-state index in [9.17, 15) is 9.90 Å². The molecule has 0 bridgehead atoms. The number of aromatic nitrogens is 1. The van der Waals surface area contributed by atoms with Crippen molar-refractivity contribution in [2.45, 2.75) is 19.5 Å². The molecular formula is C20H20ClN3O2S. The van der Waals surface area contributed by atoms with E-state index in [-0.39, 0.29) is 12.5 Å². The van der Waals surface area contributed by atoms with Crippen molar-refractivity contribution >= 4 is 34.0 Å². The topological polar surface area (TPSA) is 74.2 Å². The molecule has 0 aliphatic heterocycles. The summed E-state index contributed by atoms with van der Waals surface area (Å²) in [5.74, 6) is -0.301. The number of amides is 1. The Bertz CT molecular complexity index is 929. The zero-order valence-corrected chi connectivity index (χ0v) is 16.3. The second-order valence-electron chi connectivity index (χ2n) is 6.08. The van der Waals surface area contributed by atoms with Crippen LogP contribution in [0, 0.1) is 6.92 Å². The normalized spacial score (nSPS) is 11.8. The van der Waals surface area contributed by atoms with Crippen LogP contribution in [0.1, 0.15) is 11.1 Å². The van der Waals surface area contributed by atoms with Crippen LogP contribution in [0.3, 0.4) is 0 Å². The molecule has 3 N–H and O–H groups in total. The average molecular weight is 402 g/mol.